The fourth-order valence-corrected chi connectivity index (χ4v) is 3.21. The van der Waals surface area contributed by atoms with Gasteiger partial charge in [-0.2, -0.15) is 5.10 Å². The third-order valence-electron chi connectivity index (χ3n) is 4.71. The first-order valence-corrected chi connectivity index (χ1v) is 8.99. The lowest BCUT2D eigenvalue weighted by molar-refractivity contribution is -0.121. The Hall–Kier alpha value is -3.41. The standard InChI is InChI=1S/C21H21N5O/c1-16(17-6-8-19(9-7-17)26-15-22-14-23-26)24-21(27)11-13-25-12-10-18-4-2-3-5-20(18)25/h2-10,12,14-16H,11,13H2,1H3,(H,24,27)/t16-/m1/s1. The summed E-state index contributed by atoms with van der Waals surface area (Å²) >= 11 is 0. The molecule has 0 bridgehead atoms. The molecule has 0 aliphatic rings. The molecule has 2 aromatic heterocycles. The fraction of sp³-hybridized carbons (Fsp3) is 0.190. The molecule has 6 heteroatoms. The minimum Gasteiger partial charge on any atom is -0.350 e. The van der Waals surface area contributed by atoms with Crippen LogP contribution in [0.5, 0.6) is 0 Å². The van der Waals surface area contributed by atoms with Crippen LogP contribution in [0, 0.1) is 0 Å². The zero-order valence-electron chi connectivity index (χ0n) is 15.1. The second-order valence-electron chi connectivity index (χ2n) is 6.54. The Kier molecular flexibility index (Phi) is 4.70. The molecule has 2 heterocycles. The number of nitrogens with one attached hydrogen (secondary N) is 1. The van der Waals surface area contributed by atoms with Crippen molar-refractivity contribution < 1.29 is 4.79 Å². The van der Waals surface area contributed by atoms with E-state index in [-0.39, 0.29) is 11.9 Å². The van der Waals surface area contributed by atoms with E-state index in [9.17, 15) is 4.79 Å². The molecule has 1 N–H and O–H groups in total. The van der Waals surface area contributed by atoms with Gasteiger partial charge in [0.05, 0.1) is 11.7 Å². The van der Waals surface area contributed by atoms with Gasteiger partial charge in [0.15, 0.2) is 0 Å². The number of para-hydroxylation sites is 1. The normalized spacial score (nSPS) is 12.2. The average molecular weight is 359 g/mol. The summed E-state index contributed by atoms with van der Waals surface area (Å²) in [6, 6.07) is 18.2. The minimum atomic E-state index is -0.0521. The Balaban J connectivity index is 1.35. The molecule has 0 saturated heterocycles. The summed E-state index contributed by atoms with van der Waals surface area (Å²) in [6.45, 7) is 2.66. The van der Waals surface area contributed by atoms with E-state index in [1.54, 1.807) is 11.0 Å². The number of fused-ring (bicyclic) bond motifs is 1. The van der Waals surface area contributed by atoms with Crippen molar-refractivity contribution in [3.8, 4) is 5.69 Å². The first-order valence-electron chi connectivity index (χ1n) is 8.99. The van der Waals surface area contributed by atoms with Gasteiger partial charge in [-0.15, -0.1) is 0 Å². The van der Waals surface area contributed by atoms with Crippen LogP contribution in [0.2, 0.25) is 0 Å². The van der Waals surface area contributed by atoms with Gasteiger partial charge >= 0.3 is 0 Å². The van der Waals surface area contributed by atoms with E-state index < -0.39 is 0 Å². The predicted octanol–water partition coefficient (Wildman–Crippen LogP) is 3.49. The summed E-state index contributed by atoms with van der Waals surface area (Å²) in [5.41, 5.74) is 3.15. The van der Waals surface area contributed by atoms with Crippen LogP contribution in [0.15, 0.2) is 73.4 Å². The van der Waals surface area contributed by atoms with Gasteiger partial charge in [-0.25, -0.2) is 9.67 Å². The van der Waals surface area contributed by atoms with Crippen LogP contribution >= 0.6 is 0 Å². The highest BCUT2D eigenvalue weighted by atomic mass is 16.1. The van der Waals surface area contributed by atoms with Gasteiger partial charge in [0, 0.05) is 24.7 Å². The maximum atomic E-state index is 12.4. The van der Waals surface area contributed by atoms with Crippen molar-refractivity contribution in [1.82, 2.24) is 24.6 Å². The van der Waals surface area contributed by atoms with Crippen molar-refractivity contribution in [3.63, 3.8) is 0 Å². The van der Waals surface area contributed by atoms with Crippen LogP contribution in [0.3, 0.4) is 0 Å². The predicted molar refractivity (Wildman–Crippen MR) is 104 cm³/mol. The second-order valence-corrected chi connectivity index (χ2v) is 6.54. The lowest BCUT2D eigenvalue weighted by Crippen LogP contribution is -2.27. The number of hydrogen-bond donors (Lipinski definition) is 1. The monoisotopic (exact) mass is 359 g/mol. The molecule has 0 saturated carbocycles. The smallest absolute Gasteiger partial charge is 0.222 e. The summed E-state index contributed by atoms with van der Waals surface area (Å²) < 4.78 is 3.82. The number of rotatable bonds is 6. The zero-order valence-corrected chi connectivity index (χ0v) is 15.1. The molecule has 27 heavy (non-hydrogen) atoms. The van der Waals surface area contributed by atoms with Crippen LogP contribution in [0.4, 0.5) is 0 Å². The van der Waals surface area contributed by atoms with Crippen molar-refractivity contribution >= 4 is 16.8 Å². The fourth-order valence-electron chi connectivity index (χ4n) is 3.21. The van der Waals surface area contributed by atoms with Crippen LogP contribution < -0.4 is 5.32 Å². The molecule has 2 aromatic carbocycles. The summed E-state index contributed by atoms with van der Waals surface area (Å²) in [4.78, 5) is 16.3. The molecule has 0 unspecified atom stereocenters. The Morgan fingerprint density at radius 2 is 1.93 bits per heavy atom. The van der Waals surface area contributed by atoms with Gasteiger partial charge in [0.25, 0.3) is 0 Å². The van der Waals surface area contributed by atoms with Crippen LogP contribution in [0.25, 0.3) is 16.6 Å². The summed E-state index contributed by atoms with van der Waals surface area (Å²) in [7, 11) is 0. The highest BCUT2D eigenvalue weighted by molar-refractivity contribution is 5.80. The largest absolute Gasteiger partial charge is 0.350 e. The highest BCUT2D eigenvalue weighted by Gasteiger charge is 2.10. The molecule has 0 spiro atoms. The zero-order chi connectivity index (χ0) is 18.6. The van der Waals surface area contributed by atoms with E-state index >= 15 is 0 Å². The SMILES string of the molecule is C[C@@H](NC(=O)CCn1ccc2ccccc21)c1ccc(-n2cncn2)cc1. The molecule has 0 aliphatic heterocycles. The van der Waals surface area contributed by atoms with E-state index in [4.69, 9.17) is 0 Å². The second kappa shape index (κ2) is 7.45. The molecule has 0 fully saturated rings. The van der Waals surface area contributed by atoms with Crippen molar-refractivity contribution in [2.75, 3.05) is 0 Å². The van der Waals surface area contributed by atoms with E-state index in [1.165, 1.54) is 11.7 Å². The molecule has 0 radical (unpaired) electrons. The van der Waals surface area contributed by atoms with E-state index in [0.29, 0.717) is 13.0 Å². The van der Waals surface area contributed by atoms with Crippen LogP contribution in [-0.2, 0) is 11.3 Å². The van der Waals surface area contributed by atoms with Gasteiger partial charge < -0.3 is 9.88 Å². The maximum Gasteiger partial charge on any atom is 0.222 e. The van der Waals surface area contributed by atoms with Crippen LogP contribution in [0.1, 0.15) is 24.9 Å². The van der Waals surface area contributed by atoms with E-state index in [0.717, 1.165) is 16.8 Å². The van der Waals surface area contributed by atoms with Gasteiger partial charge in [-0.3, -0.25) is 4.79 Å². The van der Waals surface area contributed by atoms with Crippen molar-refractivity contribution in [1.29, 1.82) is 0 Å². The molecule has 0 aliphatic carbocycles. The number of carbonyl (C=O) groups is 1. The molecule has 6 nitrogen and oxygen atoms in total. The number of hydrogen-bond acceptors (Lipinski definition) is 3. The lowest BCUT2D eigenvalue weighted by Gasteiger charge is -2.15. The number of amides is 1. The molecule has 136 valence electrons. The molecule has 4 rings (SSSR count). The lowest BCUT2D eigenvalue weighted by atomic mass is 10.1. The van der Waals surface area contributed by atoms with Crippen molar-refractivity contribution in [3.05, 3.63) is 79.0 Å². The number of nitrogens with zero attached hydrogens (tertiary/aromatic N) is 4. The summed E-state index contributed by atoms with van der Waals surface area (Å²) in [6.07, 6.45) is 5.64. The maximum absolute atomic E-state index is 12.4. The van der Waals surface area contributed by atoms with Crippen molar-refractivity contribution in [2.24, 2.45) is 0 Å². The van der Waals surface area contributed by atoms with Crippen molar-refractivity contribution in [2.45, 2.75) is 25.9 Å². The Morgan fingerprint density at radius 1 is 1.11 bits per heavy atom. The quantitative estimate of drug-likeness (QED) is 0.573. The average Bonchev–Trinajstić information content (AvgIpc) is 3.37. The third kappa shape index (κ3) is 3.74. The molecule has 4 aromatic rings. The Bertz CT molecular complexity index is 1030. The Labute approximate surface area is 157 Å². The number of carbonyl (C=O) groups excluding carboxylic acids is 1. The molecule has 1 amide bonds. The van der Waals surface area contributed by atoms with Gasteiger partial charge in [0.1, 0.15) is 12.7 Å². The molecule has 1 atom stereocenters. The first-order chi connectivity index (χ1) is 13.2. The topological polar surface area (TPSA) is 64.7 Å². The van der Waals surface area contributed by atoms with Crippen LogP contribution in [-0.4, -0.2) is 25.2 Å². The number of aryl methyl sites for hydroxylation is 1. The highest BCUT2D eigenvalue weighted by Crippen LogP contribution is 2.17. The summed E-state index contributed by atoms with van der Waals surface area (Å²) in [5.74, 6) is 0.0423. The van der Waals surface area contributed by atoms with Gasteiger partial charge in [-0.1, -0.05) is 30.3 Å². The summed E-state index contributed by atoms with van der Waals surface area (Å²) in [5, 5.41) is 8.38. The Morgan fingerprint density at radius 3 is 2.70 bits per heavy atom. The number of benzene rings is 2. The minimum absolute atomic E-state index is 0.0423. The molecular weight excluding hydrogens is 338 g/mol. The van der Waals surface area contributed by atoms with Gasteiger partial charge in [0.2, 0.25) is 5.91 Å². The number of aromatic nitrogens is 4. The molecular formula is C21H21N5O. The first kappa shape index (κ1) is 17.0. The van der Waals surface area contributed by atoms with E-state index in [1.807, 2.05) is 49.5 Å². The van der Waals surface area contributed by atoms with E-state index in [2.05, 4.69) is 38.2 Å². The third-order valence-corrected chi connectivity index (χ3v) is 4.71. The van der Waals surface area contributed by atoms with Gasteiger partial charge in [-0.05, 0) is 42.1 Å².